The van der Waals surface area contributed by atoms with Crippen molar-refractivity contribution in [1.29, 1.82) is 0 Å². The van der Waals surface area contributed by atoms with Gasteiger partial charge in [-0.1, -0.05) is 6.07 Å². The topological polar surface area (TPSA) is 102 Å². The zero-order valence-corrected chi connectivity index (χ0v) is 11.1. The Morgan fingerprint density at radius 3 is 2.85 bits per heavy atom. The Bertz CT molecular complexity index is 505. The summed E-state index contributed by atoms with van der Waals surface area (Å²) in [4.78, 5) is 21.8. The number of para-hydroxylation sites is 1. The molecular formula is C13H16N2O5. The summed E-state index contributed by atoms with van der Waals surface area (Å²) in [6, 6.07) is 4.01. The Labute approximate surface area is 115 Å². The number of nitrogens with one attached hydrogen (secondary N) is 1. The van der Waals surface area contributed by atoms with E-state index in [2.05, 4.69) is 5.32 Å². The molecular weight excluding hydrogens is 264 g/mol. The average molecular weight is 280 g/mol. The predicted molar refractivity (Wildman–Crippen MR) is 72.1 cm³/mol. The van der Waals surface area contributed by atoms with Gasteiger partial charge in [0.05, 0.1) is 22.6 Å². The number of ether oxygens (including phenoxy) is 1. The summed E-state index contributed by atoms with van der Waals surface area (Å²) in [7, 11) is 0. The SMILES string of the molecule is CC1(Nc2c(C(=O)O)cccc2[N+](=O)[O-])CCCOC1. The van der Waals surface area contributed by atoms with Crippen molar-refractivity contribution in [3.8, 4) is 0 Å². The molecule has 1 heterocycles. The summed E-state index contributed by atoms with van der Waals surface area (Å²) in [5.41, 5.74) is -0.810. The fourth-order valence-corrected chi connectivity index (χ4v) is 2.34. The summed E-state index contributed by atoms with van der Waals surface area (Å²) in [5, 5.41) is 23.3. The Morgan fingerprint density at radius 2 is 2.30 bits per heavy atom. The van der Waals surface area contributed by atoms with E-state index in [0.717, 1.165) is 12.8 Å². The Kier molecular flexibility index (Phi) is 3.89. The van der Waals surface area contributed by atoms with Crippen LogP contribution in [0.3, 0.4) is 0 Å². The van der Waals surface area contributed by atoms with Gasteiger partial charge in [-0.05, 0) is 25.8 Å². The van der Waals surface area contributed by atoms with Gasteiger partial charge in [0.2, 0.25) is 0 Å². The molecule has 1 aromatic carbocycles. The summed E-state index contributed by atoms with van der Waals surface area (Å²) >= 11 is 0. The zero-order chi connectivity index (χ0) is 14.8. The molecule has 7 nitrogen and oxygen atoms in total. The first kappa shape index (κ1) is 14.3. The average Bonchev–Trinajstić information content (AvgIpc) is 2.38. The molecule has 0 aliphatic carbocycles. The number of carboxylic acid groups (broad SMARTS) is 1. The van der Waals surface area contributed by atoms with Gasteiger partial charge in [-0.25, -0.2) is 4.79 Å². The van der Waals surface area contributed by atoms with E-state index in [-0.39, 0.29) is 16.9 Å². The molecule has 0 spiro atoms. The minimum Gasteiger partial charge on any atom is -0.478 e. The van der Waals surface area contributed by atoms with Crippen LogP contribution in [-0.4, -0.2) is 34.8 Å². The second kappa shape index (κ2) is 5.46. The predicted octanol–water partition coefficient (Wildman–Crippen LogP) is 2.27. The van der Waals surface area contributed by atoms with Gasteiger partial charge in [-0.3, -0.25) is 10.1 Å². The quantitative estimate of drug-likeness (QED) is 0.648. The molecule has 1 aliphatic rings. The maximum absolute atomic E-state index is 11.2. The minimum absolute atomic E-state index is 0.0398. The van der Waals surface area contributed by atoms with E-state index in [0.29, 0.717) is 13.2 Å². The van der Waals surface area contributed by atoms with Gasteiger partial charge < -0.3 is 15.2 Å². The molecule has 0 saturated carbocycles. The van der Waals surface area contributed by atoms with Crippen LogP contribution >= 0.6 is 0 Å². The summed E-state index contributed by atoms with van der Waals surface area (Å²) in [6.45, 7) is 2.91. The number of anilines is 1. The van der Waals surface area contributed by atoms with Crippen LogP contribution in [0.4, 0.5) is 11.4 Å². The number of benzene rings is 1. The van der Waals surface area contributed by atoms with Gasteiger partial charge in [0.15, 0.2) is 0 Å². The third-order valence-corrected chi connectivity index (χ3v) is 3.33. The molecule has 1 aromatic rings. The zero-order valence-electron chi connectivity index (χ0n) is 11.1. The van der Waals surface area contributed by atoms with Gasteiger partial charge in [-0.2, -0.15) is 0 Å². The summed E-state index contributed by atoms with van der Waals surface area (Å²) in [6.07, 6.45) is 1.59. The van der Waals surface area contributed by atoms with E-state index >= 15 is 0 Å². The van der Waals surface area contributed by atoms with Crippen molar-refractivity contribution in [3.63, 3.8) is 0 Å². The number of hydrogen-bond acceptors (Lipinski definition) is 5. The highest BCUT2D eigenvalue weighted by Gasteiger charge is 2.32. The molecule has 0 bridgehead atoms. The van der Waals surface area contributed by atoms with E-state index < -0.39 is 16.4 Å². The maximum Gasteiger partial charge on any atom is 0.338 e. The van der Waals surface area contributed by atoms with Crippen molar-refractivity contribution >= 4 is 17.3 Å². The number of nitrogens with zero attached hydrogens (tertiary/aromatic N) is 1. The number of carbonyl (C=O) groups is 1. The summed E-state index contributed by atoms with van der Waals surface area (Å²) in [5.74, 6) is -1.20. The van der Waals surface area contributed by atoms with Crippen molar-refractivity contribution in [3.05, 3.63) is 33.9 Å². The Balaban J connectivity index is 2.42. The lowest BCUT2D eigenvalue weighted by atomic mass is 9.93. The van der Waals surface area contributed by atoms with E-state index in [1.807, 2.05) is 6.92 Å². The van der Waals surface area contributed by atoms with E-state index in [1.165, 1.54) is 18.2 Å². The van der Waals surface area contributed by atoms with Crippen LogP contribution in [-0.2, 0) is 4.74 Å². The third-order valence-electron chi connectivity index (χ3n) is 3.33. The Hall–Kier alpha value is -2.15. The monoisotopic (exact) mass is 280 g/mol. The molecule has 2 rings (SSSR count). The van der Waals surface area contributed by atoms with E-state index in [9.17, 15) is 20.0 Å². The van der Waals surface area contributed by atoms with Crippen molar-refractivity contribution in [2.24, 2.45) is 0 Å². The first-order chi connectivity index (χ1) is 9.43. The van der Waals surface area contributed by atoms with Crippen LogP contribution in [0.5, 0.6) is 0 Å². The van der Waals surface area contributed by atoms with Crippen LogP contribution in [0, 0.1) is 10.1 Å². The summed E-state index contributed by atoms with van der Waals surface area (Å²) < 4.78 is 5.38. The van der Waals surface area contributed by atoms with Crippen LogP contribution in [0.1, 0.15) is 30.1 Å². The number of carboxylic acids is 1. The first-order valence-electron chi connectivity index (χ1n) is 6.29. The fraction of sp³-hybridized carbons (Fsp3) is 0.462. The molecule has 1 saturated heterocycles. The highest BCUT2D eigenvalue weighted by atomic mass is 16.6. The minimum atomic E-state index is -1.20. The number of rotatable bonds is 4. The number of aromatic carboxylic acids is 1. The molecule has 0 amide bonds. The lowest BCUT2D eigenvalue weighted by Crippen LogP contribution is -2.43. The van der Waals surface area contributed by atoms with E-state index in [1.54, 1.807) is 0 Å². The normalized spacial score (nSPS) is 22.2. The van der Waals surface area contributed by atoms with Gasteiger partial charge in [0.25, 0.3) is 5.69 Å². The number of hydrogen-bond donors (Lipinski definition) is 2. The molecule has 20 heavy (non-hydrogen) atoms. The first-order valence-corrected chi connectivity index (χ1v) is 6.29. The number of nitro groups is 1. The van der Waals surface area contributed by atoms with Crippen LogP contribution in [0.25, 0.3) is 0 Å². The highest BCUT2D eigenvalue weighted by molar-refractivity contribution is 5.97. The second-order valence-electron chi connectivity index (χ2n) is 5.10. The van der Waals surface area contributed by atoms with Crippen molar-refractivity contribution in [2.45, 2.75) is 25.3 Å². The van der Waals surface area contributed by atoms with Crippen LogP contribution in [0.15, 0.2) is 18.2 Å². The van der Waals surface area contributed by atoms with Crippen LogP contribution < -0.4 is 5.32 Å². The molecule has 0 radical (unpaired) electrons. The highest BCUT2D eigenvalue weighted by Crippen LogP contribution is 2.33. The number of nitro benzene ring substituents is 1. The van der Waals surface area contributed by atoms with Crippen molar-refractivity contribution in [1.82, 2.24) is 0 Å². The Morgan fingerprint density at radius 1 is 1.55 bits per heavy atom. The second-order valence-corrected chi connectivity index (χ2v) is 5.10. The van der Waals surface area contributed by atoms with Gasteiger partial charge >= 0.3 is 5.97 Å². The molecule has 2 N–H and O–H groups in total. The molecule has 7 heteroatoms. The molecule has 1 aliphatic heterocycles. The van der Waals surface area contributed by atoms with Crippen molar-refractivity contribution < 1.29 is 19.6 Å². The van der Waals surface area contributed by atoms with Crippen LogP contribution in [0.2, 0.25) is 0 Å². The molecule has 1 atom stereocenters. The molecule has 108 valence electrons. The van der Waals surface area contributed by atoms with E-state index in [4.69, 9.17) is 4.74 Å². The fourth-order valence-electron chi connectivity index (χ4n) is 2.34. The van der Waals surface area contributed by atoms with Gasteiger partial charge in [0.1, 0.15) is 5.69 Å². The standard InChI is InChI=1S/C13H16N2O5/c1-13(6-3-7-20-8-13)14-11-9(12(16)17)4-2-5-10(11)15(18)19/h2,4-5,14H,3,6-8H2,1H3,(H,16,17). The molecule has 1 unspecified atom stereocenters. The smallest absolute Gasteiger partial charge is 0.338 e. The van der Waals surface area contributed by atoms with Gasteiger partial charge in [-0.15, -0.1) is 0 Å². The third kappa shape index (κ3) is 2.88. The maximum atomic E-state index is 11.2. The van der Waals surface area contributed by atoms with Gasteiger partial charge in [0, 0.05) is 12.7 Å². The lowest BCUT2D eigenvalue weighted by Gasteiger charge is -2.35. The van der Waals surface area contributed by atoms with Crippen molar-refractivity contribution in [2.75, 3.05) is 18.5 Å². The molecule has 1 fully saturated rings. The lowest BCUT2D eigenvalue weighted by molar-refractivity contribution is -0.384. The molecule has 0 aromatic heterocycles. The largest absolute Gasteiger partial charge is 0.478 e.